The topological polar surface area (TPSA) is 62.3 Å². The number of carbonyl (C=O) groups excluding carboxylic acids is 2. The van der Waals surface area contributed by atoms with Crippen molar-refractivity contribution in [3.05, 3.63) is 65.5 Å². The van der Waals surface area contributed by atoms with Crippen molar-refractivity contribution >= 4 is 11.8 Å². The quantitative estimate of drug-likeness (QED) is 0.853. The molecule has 0 bridgehead atoms. The second-order valence-electron chi connectivity index (χ2n) is 6.79. The summed E-state index contributed by atoms with van der Waals surface area (Å²) in [6.45, 7) is -0.190. The van der Waals surface area contributed by atoms with Crippen LogP contribution in [0.2, 0.25) is 0 Å². The van der Waals surface area contributed by atoms with Crippen molar-refractivity contribution in [2.45, 2.75) is 31.5 Å². The van der Waals surface area contributed by atoms with Crippen LogP contribution in [0.5, 0.6) is 0 Å². The molecule has 1 fully saturated rings. The summed E-state index contributed by atoms with van der Waals surface area (Å²) in [5, 5.41) is 2.72. The van der Waals surface area contributed by atoms with Crippen LogP contribution in [0.1, 0.15) is 28.8 Å². The molecule has 8 heteroatoms. The number of carbonyl (C=O) groups is 2. The second-order valence-corrected chi connectivity index (χ2v) is 6.79. The average Bonchev–Trinajstić information content (AvgIpc) is 2.68. The maximum absolute atomic E-state index is 14.1. The summed E-state index contributed by atoms with van der Waals surface area (Å²) in [5.41, 5.74) is 0.457. The summed E-state index contributed by atoms with van der Waals surface area (Å²) in [6, 6.07) is 5.60. The van der Waals surface area contributed by atoms with Crippen LogP contribution in [0.25, 0.3) is 0 Å². The molecule has 2 heterocycles. The van der Waals surface area contributed by atoms with Gasteiger partial charge in [0, 0.05) is 37.8 Å². The molecular formula is C20H20F3N3O2. The highest BCUT2D eigenvalue weighted by molar-refractivity contribution is 5.94. The van der Waals surface area contributed by atoms with Crippen molar-refractivity contribution in [3.8, 4) is 0 Å². The van der Waals surface area contributed by atoms with Crippen molar-refractivity contribution in [1.29, 1.82) is 0 Å². The van der Waals surface area contributed by atoms with Crippen molar-refractivity contribution in [1.82, 2.24) is 15.2 Å². The number of likely N-dealkylation sites (tertiary alicyclic amines) is 1. The number of piperidine rings is 1. The van der Waals surface area contributed by atoms with Gasteiger partial charge in [0.15, 0.2) is 0 Å². The molecule has 28 heavy (non-hydrogen) atoms. The number of hydrogen-bond acceptors (Lipinski definition) is 3. The Morgan fingerprint density at radius 3 is 2.79 bits per heavy atom. The van der Waals surface area contributed by atoms with E-state index in [4.69, 9.17) is 0 Å². The lowest BCUT2D eigenvalue weighted by molar-refractivity contribution is -0.122. The number of rotatable bonds is 5. The molecule has 0 radical (unpaired) electrons. The Balaban J connectivity index is 1.60. The van der Waals surface area contributed by atoms with Gasteiger partial charge in [-0.3, -0.25) is 14.6 Å². The molecule has 0 unspecified atom stereocenters. The molecule has 2 amide bonds. The fraction of sp³-hybridized carbons (Fsp3) is 0.350. The van der Waals surface area contributed by atoms with Crippen LogP contribution in [0, 0.1) is 11.6 Å². The van der Waals surface area contributed by atoms with E-state index in [-0.39, 0.29) is 31.8 Å². The molecule has 1 N–H and O–H groups in total. The number of alkyl halides is 1. The normalized spacial score (nSPS) is 19.3. The smallest absolute Gasteiger partial charge is 0.257 e. The first-order valence-electron chi connectivity index (χ1n) is 8.99. The predicted molar refractivity (Wildman–Crippen MR) is 96.3 cm³/mol. The SMILES string of the molecule is O=C(CCc1cccnc1)N[C@H]1C[C@@H](F)CN(C(=O)c2cc(F)ccc2F)C1. The Kier molecular flexibility index (Phi) is 6.28. The van der Waals surface area contributed by atoms with Gasteiger partial charge in [-0.2, -0.15) is 0 Å². The molecule has 5 nitrogen and oxygen atoms in total. The van der Waals surface area contributed by atoms with Gasteiger partial charge in [0.25, 0.3) is 5.91 Å². The lowest BCUT2D eigenvalue weighted by Crippen LogP contribution is -2.53. The highest BCUT2D eigenvalue weighted by atomic mass is 19.1. The van der Waals surface area contributed by atoms with E-state index >= 15 is 0 Å². The number of aryl methyl sites for hydroxylation is 1. The minimum atomic E-state index is -1.36. The maximum Gasteiger partial charge on any atom is 0.257 e. The molecule has 0 spiro atoms. The largest absolute Gasteiger partial charge is 0.351 e. The summed E-state index contributed by atoms with van der Waals surface area (Å²) >= 11 is 0. The molecule has 1 aliphatic rings. The fourth-order valence-corrected chi connectivity index (χ4v) is 3.24. The van der Waals surface area contributed by atoms with Gasteiger partial charge in [0.05, 0.1) is 12.1 Å². The van der Waals surface area contributed by atoms with E-state index in [1.54, 1.807) is 18.5 Å². The Hall–Kier alpha value is -2.90. The van der Waals surface area contributed by atoms with Gasteiger partial charge in [-0.25, -0.2) is 13.2 Å². The molecule has 0 saturated carbocycles. The number of nitrogens with zero attached hydrogens (tertiary/aromatic N) is 2. The zero-order chi connectivity index (χ0) is 20.1. The lowest BCUT2D eigenvalue weighted by Gasteiger charge is -2.35. The van der Waals surface area contributed by atoms with Crippen LogP contribution in [-0.2, 0) is 11.2 Å². The van der Waals surface area contributed by atoms with Gasteiger partial charge < -0.3 is 10.2 Å². The minimum absolute atomic E-state index is 0.0356. The molecule has 1 aromatic carbocycles. The van der Waals surface area contributed by atoms with Crippen molar-refractivity contribution in [3.63, 3.8) is 0 Å². The van der Waals surface area contributed by atoms with Crippen LogP contribution < -0.4 is 5.32 Å². The summed E-state index contributed by atoms with van der Waals surface area (Å²) in [5.74, 6) is -2.69. The number of aromatic nitrogens is 1. The van der Waals surface area contributed by atoms with E-state index in [0.29, 0.717) is 6.42 Å². The van der Waals surface area contributed by atoms with Crippen LogP contribution >= 0.6 is 0 Å². The third-order valence-corrected chi connectivity index (χ3v) is 4.57. The maximum atomic E-state index is 14.1. The Bertz CT molecular complexity index is 848. The molecule has 3 rings (SSSR count). The van der Waals surface area contributed by atoms with E-state index in [2.05, 4.69) is 10.3 Å². The molecule has 2 aromatic rings. The average molecular weight is 391 g/mol. The number of nitrogens with one attached hydrogen (secondary N) is 1. The van der Waals surface area contributed by atoms with Gasteiger partial charge >= 0.3 is 0 Å². The Labute approximate surface area is 160 Å². The third kappa shape index (κ3) is 5.09. The van der Waals surface area contributed by atoms with Crippen LogP contribution in [-0.4, -0.2) is 47.0 Å². The van der Waals surface area contributed by atoms with E-state index in [9.17, 15) is 22.8 Å². The van der Waals surface area contributed by atoms with Crippen molar-refractivity contribution < 1.29 is 22.8 Å². The van der Waals surface area contributed by atoms with Gasteiger partial charge in [-0.1, -0.05) is 6.07 Å². The Morgan fingerprint density at radius 1 is 1.21 bits per heavy atom. The summed E-state index contributed by atoms with van der Waals surface area (Å²) in [4.78, 5) is 29.7. The first-order chi connectivity index (χ1) is 13.4. The van der Waals surface area contributed by atoms with Gasteiger partial charge in [0.2, 0.25) is 5.91 Å². The van der Waals surface area contributed by atoms with Crippen molar-refractivity contribution in [2.24, 2.45) is 0 Å². The summed E-state index contributed by atoms with van der Waals surface area (Å²) < 4.78 is 41.3. The van der Waals surface area contributed by atoms with Gasteiger partial charge in [-0.05, 0) is 36.2 Å². The molecule has 1 aromatic heterocycles. The number of pyridine rings is 1. The minimum Gasteiger partial charge on any atom is -0.351 e. The first kappa shape index (κ1) is 19.9. The van der Waals surface area contributed by atoms with Crippen LogP contribution in [0.15, 0.2) is 42.7 Å². The monoisotopic (exact) mass is 391 g/mol. The van der Waals surface area contributed by atoms with Gasteiger partial charge in [-0.15, -0.1) is 0 Å². The van der Waals surface area contributed by atoms with Crippen LogP contribution in [0.3, 0.4) is 0 Å². The first-order valence-corrected chi connectivity index (χ1v) is 8.99. The molecule has 1 aliphatic heterocycles. The zero-order valence-electron chi connectivity index (χ0n) is 15.1. The fourth-order valence-electron chi connectivity index (χ4n) is 3.24. The molecule has 1 saturated heterocycles. The van der Waals surface area contributed by atoms with E-state index in [1.165, 1.54) is 0 Å². The molecule has 148 valence electrons. The van der Waals surface area contributed by atoms with Crippen molar-refractivity contribution in [2.75, 3.05) is 13.1 Å². The highest BCUT2D eigenvalue weighted by Crippen LogP contribution is 2.19. The summed E-state index contributed by atoms with van der Waals surface area (Å²) in [7, 11) is 0. The number of hydrogen-bond donors (Lipinski definition) is 1. The van der Waals surface area contributed by atoms with Crippen LogP contribution in [0.4, 0.5) is 13.2 Å². The summed E-state index contributed by atoms with van der Waals surface area (Å²) in [6.07, 6.45) is 2.69. The molecule has 0 aliphatic carbocycles. The standard InChI is InChI=1S/C20H20F3N3O2/c21-14-4-5-18(23)17(9-14)20(28)26-11-15(22)8-16(12-26)25-19(27)6-3-13-2-1-7-24-10-13/h1-2,4-5,7,9-10,15-16H,3,6,8,11-12H2,(H,25,27)/t15-,16+/m1/s1. The zero-order valence-corrected chi connectivity index (χ0v) is 15.1. The molecule has 2 atom stereocenters. The molecular weight excluding hydrogens is 371 g/mol. The third-order valence-electron chi connectivity index (χ3n) is 4.57. The predicted octanol–water partition coefficient (Wildman–Crippen LogP) is 2.66. The van der Waals surface area contributed by atoms with Gasteiger partial charge in [0.1, 0.15) is 17.8 Å². The van der Waals surface area contributed by atoms with E-state index < -0.39 is 35.3 Å². The Morgan fingerprint density at radius 2 is 2.04 bits per heavy atom. The van der Waals surface area contributed by atoms with E-state index in [1.807, 2.05) is 6.07 Å². The number of benzene rings is 1. The van der Waals surface area contributed by atoms with E-state index in [0.717, 1.165) is 28.7 Å². The number of amides is 2. The lowest BCUT2D eigenvalue weighted by atomic mass is 10.0. The second kappa shape index (κ2) is 8.86. The highest BCUT2D eigenvalue weighted by Gasteiger charge is 2.32. The number of halogens is 3.